The summed E-state index contributed by atoms with van der Waals surface area (Å²) in [5, 5.41) is 3.77. The first kappa shape index (κ1) is 15.4. The third kappa shape index (κ3) is 7.35. The van der Waals surface area contributed by atoms with Crippen molar-refractivity contribution in [3.63, 3.8) is 0 Å². The van der Waals surface area contributed by atoms with Gasteiger partial charge in [-0.1, -0.05) is 32.6 Å². The highest BCUT2D eigenvalue weighted by molar-refractivity contribution is 7.98. The van der Waals surface area contributed by atoms with Crippen LogP contribution in [0.5, 0.6) is 0 Å². The highest BCUT2D eigenvalue weighted by Crippen LogP contribution is 2.26. The van der Waals surface area contributed by atoms with E-state index in [0.29, 0.717) is 0 Å². The monoisotopic (exact) mass is 257 g/mol. The van der Waals surface area contributed by atoms with Gasteiger partial charge >= 0.3 is 0 Å². The van der Waals surface area contributed by atoms with E-state index in [1.54, 1.807) is 0 Å². The molecule has 1 N–H and O–H groups in total. The molecule has 0 amide bonds. The Morgan fingerprint density at radius 1 is 1.12 bits per heavy atom. The van der Waals surface area contributed by atoms with Crippen LogP contribution in [0, 0.1) is 5.92 Å². The second-order valence-electron chi connectivity index (χ2n) is 5.51. The molecule has 1 rings (SSSR count). The first-order chi connectivity index (χ1) is 8.36. The Labute approximate surface area is 113 Å². The van der Waals surface area contributed by atoms with Crippen molar-refractivity contribution in [1.82, 2.24) is 5.32 Å². The minimum Gasteiger partial charge on any atom is -0.314 e. The Morgan fingerprint density at radius 2 is 2.00 bits per heavy atom. The van der Waals surface area contributed by atoms with E-state index >= 15 is 0 Å². The normalized spacial score (nSPS) is 25.8. The summed E-state index contributed by atoms with van der Waals surface area (Å²) in [7, 11) is 0. The molecule has 1 nitrogen and oxygen atoms in total. The van der Waals surface area contributed by atoms with Gasteiger partial charge in [0, 0.05) is 6.04 Å². The van der Waals surface area contributed by atoms with Crippen LogP contribution in [0.4, 0.5) is 0 Å². The van der Waals surface area contributed by atoms with Crippen molar-refractivity contribution in [2.75, 3.05) is 18.6 Å². The predicted molar refractivity (Wildman–Crippen MR) is 80.9 cm³/mol. The van der Waals surface area contributed by atoms with Gasteiger partial charge in [-0.25, -0.2) is 0 Å². The van der Waals surface area contributed by atoms with Crippen molar-refractivity contribution >= 4 is 11.8 Å². The van der Waals surface area contributed by atoms with E-state index in [0.717, 1.165) is 12.0 Å². The summed E-state index contributed by atoms with van der Waals surface area (Å²) in [6.45, 7) is 3.57. The van der Waals surface area contributed by atoms with Crippen molar-refractivity contribution < 1.29 is 0 Å². The lowest BCUT2D eigenvalue weighted by Gasteiger charge is -2.16. The summed E-state index contributed by atoms with van der Waals surface area (Å²) in [6.07, 6.45) is 15.0. The molecule has 0 heterocycles. The maximum Gasteiger partial charge on any atom is 0.00671 e. The lowest BCUT2D eigenvalue weighted by Crippen LogP contribution is -2.29. The average Bonchev–Trinajstić information content (AvgIpc) is 2.55. The summed E-state index contributed by atoms with van der Waals surface area (Å²) >= 11 is 1.97. The van der Waals surface area contributed by atoms with Gasteiger partial charge in [0.15, 0.2) is 0 Å². The fourth-order valence-corrected chi connectivity index (χ4v) is 3.45. The van der Waals surface area contributed by atoms with Gasteiger partial charge in [0.05, 0.1) is 0 Å². The lowest BCUT2D eigenvalue weighted by atomic mass is 9.95. The van der Waals surface area contributed by atoms with E-state index in [9.17, 15) is 0 Å². The first-order valence-corrected chi connectivity index (χ1v) is 8.98. The topological polar surface area (TPSA) is 12.0 Å². The molecule has 2 heteroatoms. The SMILES string of the molecule is CCCC1CCCC(NCCCCSC)CC1. The van der Waals surface area contributed by atoms with E-state index < -0.39 is 0 Å². The van der Waals surface area contributed by atoms with Crippen LogP contribution < -0.4 is 5.32 Å². The molecule has 0 aromatic rings. The molecule has 17 heavy (non-hydrogen) atoms. The molecule has 1 saturated carbocycles. The van der Waals surface area contributed by atoms with Gasteiger partial charge in [-0.3, -0.25) is 0 Å². The van der Waals surface area contributed by atoms with Crippen molar-refractivity contribution in [2.24, 2.45) is 5.92 Å². The summed E-state index contributed by atoms with van der Waals surface area (Å²) in [6, 6.07) is 0.825. The van der Waals surface area contributed by atoms with Crippen LogP contribution in [0.25, 0.3) is 0 Å². The van der Waals surface area contributed by atoms with Gasteiger partial charge in [0.25, 0.3) is 0 Å². The first-order valence-electron chi connectivity index (χ1n) is 7.59. The van der Waals surface area contributed by atoms with Gasteiger partial charge in [-0.05, 0) is 56.6 Å². The fourth-order valence-electron chi connectivity index (χ4n) is 2.96. The van der Waals surface area contributed by atoms with E-state index in [4.69, 9.17) is 0 Å². The van der Waals surface area contributed by atoms with Crippen molar-refractivity contribution in [3.8, 4) is 0 Å². The molecule has 1 aliphatic rings. The van der Waals surface area contributed by atoms with E-state index in [2.05, 4.69) is 18.5 Å². The van der Waals surface area contributed by atoms with Crippen LogP contribution in [-0.2, 0) is 0 Å². The zero-order valence-corrected chi connectivity index (χ0v) is 12.7. The minimum absolute atomic E-state index is 0.825. The van der Waals surface area contributed by atoms with E-state index in [1.165, 1.54) is 70.1 Å². The van der Waals surface area contributed by atoms with E-state index in [-0.39, 0.29) is 0 Å². The third-order valence-corrected chi connectivity index (χ3v) is 4.69. The zero-order chi connectivity index (χ0) is 12.3. The number of hydrogen-bond donors (Lipinski definition) is 1. The minimum atomic E-state index is 0.825. The average molecular weight is 257 g/mol. The number of rotatable bonds is 8. The number of nitrogens with one attached hydrogen (secondary N) is 1. The molecule has 0 aliphatic heterocycles. The Hall–Kier alpha value is 0.310. The second kappa shape index (κ2) is 10.3. The number of thioether (sulfide) groups is 1. The summed E-state index contributed by atoms with van der Waals surface area (Å²) in [5.74, 6) is 2.36. The van der Waals surface area contributed by atoms with Crippen LogP contribution in [0.1, 0.15) is 64.7 Å². The summed E-state index contributed by atoms with van der Waals surface area (Å²) in [4.78, 5) is 0. The van der Waals surface area contributed by atoms with Gasteiger partial charge in [-0.2, -0.15) is 11.8 Å². The lowest BCUT2D eigenvalue weighted by molar-refractivity contribution is 0.409. The molecule has 1 fully saturated rings. The molecule has 0 bridgehead atoms. The summed E-state index contributed by atoms with van der Waals surface area (Å²) in [5.41, 5.74) is 0. The molecule has 0 aromatic heterocycles. The van der Waals surface area contributed by atoms with Crippen LogP contribution in [0.15, 0.2) is 0 Å². The highest BCUT2D eigenvalue weighted by atomic mass is 32.2. The molecule has 0 aromatic carbocycles. The maximum atomic E-state index is 3.77. The Kier molecular flexibility index (Phi) is 9.27. The molecular weight excluding hydrogens is 226 g/mol. The molecule has 1 aliphatic carbocycles. The van der Waals surface area contributed by atoms with Crippen LogP contribution in [0.2, 0.25) is 0 Å². The van der Waals surface area contributed by atoms with Gasteiger partial charge in [0.2, 0.25) is 0 Å². The van der Waals surface area contributed by atoms with Gasteiger partial charge in [0.1, 0.15) is 0 Å². The highest BCUT2D eigenvalue weighted by Gasteiger charge is 2.17. The predicted octanol–water partition coefficient (Wildman–Crippen LogP) is 4.47. The Bertz CT molecular complexity index is 172. The molecule has 102 valence electrons. The largest absolute Gasteiger partial charge is 0.314 e. The van der Waals surface area contributed by atoms with Crippen LogP contribution in [-0.4, -0.2) is 24.6 Å². The molecule has 0 spiro atoms. The van der Waals surface area contributed by atoms with Gasteiger partial charge in [-0.15, -0.1) is 0 Å². The number of hydrogen-bond acceptors (Lipinski definition) is 2. The van der Waals surface area contributed by atoms with E-state index in [1.807, 2.05) is 11.8 Å². The van der Waals surface area contributed by atoms with Gasteiger partial charge < -0.3 is 5.32 Å². The van der Waals surface area contributed by atoms with Crippen molar-refractivity contribution in [3.05, 3.63) is 0 Å². The standard InChI is InChI=1S/C15H31NS/c1-3-7-14-8-6-9-15(11-10-14)16-12-4-5-13-17-2/h14-16H,3-13H2,1-2H3. The molecule has 2 unspecified atom stereocenters. The summed E-state index contributed by atoms with van der Waals surface area (Å²) < 4.78 is 0. The van der Waals surface area contributed by atoms with Crippen molar-refractivity contribution in [2.45, 2.75) is 70.8 Å². The molecule has 0 radical (unpaired) electrons. The molecule has 2 atom stereocenters. The van der Waals surface area contributed by atoms with Crippen LogP contribution in [0.3, 0.4) is 0 Å². The zero-order valence-electron chi connectivity index (χ0n) is 11.8. The Balaban J connectivity index is 2.05. The maximum absolute atomic E-state index is 3.77. The fraction of sp³-hybridized carbons (Fsp3) is 1.00. The number of unbranched alkanes of at least 4 members (excludes halogenated alkanes) is 1. The third-order valence-electron chi connectivity index (χ3n) is 3.99. The van der Waals surface area contributed by atoms with Crippen molar-refractivity contribution in [1.29, 1.82) is 0 Å². The molecular formula is C15H31NS. The second-order valence-corrected chi connectivity index (χ2v) is 6.50. The quantitative estimate of drug-likeness (QED) is 0.509. The Morgan fingerprint density at radius 3 is 2.76 bits per heavy atom. The smallest absolute Gasteiger partial charge is 0.00671 e. The molecule has 0 saturated heterocycles. The van der Waals surface area contributed by atoms with Crippen LogP contribution >= 0.6 is 11.8 Å².